The summed E-state index contributed by atoms with van der Waals surface area (Å²) in [7, 11) is 0. The molecule has 3 rings (SSSR count). The van der Waals surface area contributed by atoms with E-state index < -0.39 is 5.97 Å². The Kier molecular flexibility index (Phi) is 8.43. The van der Waals surface area contributed by atoms with E-state index in [0.717, 1.165) is 5.56 Å². The van der Waals surface area contributed by atoms with E-state index in [2.05, 4.69) is 0 Å². The fourth-order valence-electron chi connectivity index (χ4n) is 2.80. The summed E-state index contributed by atoms with van der Waals surface area (Å²) in [6.45, 7) is 2.84. The Labute approximate surface area is 191 Å². The van der Waals surface area contributed by atoms with Gasteiger partial charge in [-0.25, -0.2) is 9.18 Å². The van der Waals surface area contributed by atoms with Gasteiger partial charge in [-0.2, -0.15) is 5.26 Å². The molecule has 0 atom stereocenters. The number of halogens is 1. The molecular weight excluding hydrogens is 425 g/mol. The Morgan fingerprint density at radius 1 is 0.939 bits per heavy atom. The first kappa shape index (κ1) is 23.4. The van der Waals surface area contributed by atoms with Gasteiger partial charge in [-0.15, -0.1) is 0 Å². The predicted molar refractivity (Wildman–Crippen MR) is 121 cm³/mol. The molecule has 168 valence electrons. The average molecular weight is 447 g/mol. The van der Waals surface area contributed by atoms with Gasteiger partial charge in [0.25, 0.3) is 0 Å². The lowest BCUT2D eigenvalue weighted by molar-refractivity contribution is -0.128. The Balaban J connectivity index is 1.57. The van der Waals surface area contributed by atoms with Crippen LogP contribution in [0.4, 0.5) is 4.39 Å². The largest absolute Gasteiger partial charge is 0.490 e. The van der Waals surface area contributed by atoms with Crippen molar-refractivity contribution in [2.24, 2.45) is 0 Å². The van der Waals surface area contributed by atoms with Crippen molar-refractivity contribution in [3.8, 4) is 29.1 Å². The molecule has 0 saturated heterocycles. The van der Waals surface area contributed by atoms with Crippen molar-refractivity contribution in [1.82, 2.24) is 0 Å². The lowest BCUT2D eigenvalue weighted by atomic mass is 10.2. The van der Waals surface area contributed by atoms with E-state index >= 15 is 0 Å². The summed E-state index contributed by atoms with van der Waals surface area (Å²) in [4.78, 5) is 12.1. The van der Waals surface area contributed by atoms with Crippen LogP contribution in [0.3, 0.4) is 0 Å². The van der Waals surface area contributed by atoms with E-state index in [4.69, 9.17) is 24.2 Å². The van der Waals surface area contributed by atoms with E-state index in [1.807, 2.05) is 13.0 Å². The van der Waals surface area contributed by atoms with Crippen LogP contribution in [0.25, 0.3) is 6.08 Å². The lowest BCUT2D eigenvalue weighted by Gasteiger charge is -2.13. The minimum atomic E-state index is -0.568. The fraction of sp³-hybridized carbons (Fsp3) is 0.154. The van der Waals surface area contributed by atoms with Gasteiger partial charge in [-0.1, -0.05) is 12.1 Å². The molecule has 0 radical (unpaired) electrons. The van der Waals surface area contributed by atoms with Gasteiger partial charge in [0.1, 0.15) is 30.5 Å². The highest BCUT2D eigenvalue weighted by Crippen LogP contribution is 2.29. The number of carbonyl (C=O) groups excluding carboxylic acids is 1. The van der Waals surface area contributed by atoms with Crippen LogP contribution in [0.1, 0.15) is 18.1 Å². The number of nitrogens with zero attached hydrogens (tertiary/aromatic N) is 1. The van der Waals surface area contributed by atoms with Crippen molar-refractivity contribution in [2.75, 3.05) is 19.8 Å². The van der Waals surface area contributed by atoms with Crippen molar-refractivity contribution in [1.29, 1.82) is 5.26 Å². The highest BCUT2D eigenvalue weighted by Gasteiger charge is 2.07. The number of ether oxygens (including phenoxy) is 4. The summed E-state index contributed by atoms with van der Waals surface area (Å²) in [5, 5.41) is 8.92. The Bertz CT molecular complexity index is 1150. The average Bonchev–Trinajstić information content (AvgIpc) is 2.83. The summed E-state index contributed by atoms with van der Waals surface area (Å²) in [6, 6.07) is 19.4. The maximum absolute atomic E-state index is 12.9. The molecule has 7 heteroatoms. The third-order valence-electron chi connectivity index (χ3n) is 4.28. The fourth-order valence-corrected chi connectivity index (χ4v) is 2.80. The number of hydrogen-bond donors (Lipinski definition) is 0. The maximum atomic E-state index is 12.9. The van der Waals surface area contributed by atoms with Gasteiger partial charge in [-0.3, -0.25) is 0 Å². The summed E-state index contributed by atoms with van der Waals surface area (Å²) < 4.78 is 35.1. The number of rotatable bonds is 10. The SMILES string of the molecule is CCOc1cc(/C=C/C(=O)Oc2cccc(C#N)c2)ccc1OCCOc1ccc(F)cc1. The molecule has 3 aromatic rings. The van der Waals surface area contributed by atoms with Gasteiger partial charge in [-0.05, 0) is 73.2 Å². The molecule has 0 aliphatic heterocycles. The minimum Gasteiger partial charge on any atom is -0.490 e. The number of hydrogen-bond acceptors (Lipinski definition) is 6. The Morgan fingerprint density at radius 2 is 1.73 bits per heavy atom. The molecule has 0 saturated carbocycles. The van der Waals surface area contributed by atoms with Crippen molar-refractivity contribution in [3.05, 3.63) is 89.8 Å². The number of nitriles is 1. The summed E-state index contributed by atoms with van der Waals surface area (Å²) in [5.74, 6) is 1.02. The van der Waals surface area contributed by atoms with Gasteiger partial charge in [0.05, 0.1) is 18.2 Å². The second-order valence-electron chi connectivity index (χ2n) is 6.68. The zero-order chi connectivity index (χ0) is 23.5. The van der Waals surface area contributed by atoms with Crippen LogP contribution in [-0.4, -0.2) is 25.8 Å². The number of esters is 1. The van der Waals surface area contributed by atoms with Crippen molar-refractivity contribution >= 4 is 12.0 Å². The van der Waals surface area contributed by atoms with Crippen LogP contribution in [0, 0.1) is 17.1 Å². The molecule has 0 aliphatic rings. The van der Waals surface area contributed by atoms with E-state index in [1.54, 1.807) is 54.6 Å². The summed E-state index contributed by atoms with van der Waals surface area (Å²) >= 11 is 0. The normalized spacial score (nSPS) is 10.5. The standard InChI is InChI=1S/C26H22FNO5/c1-2-30-25-17-19(7-13-26(29)33-23-5-3-4-20(16-23)18-28)6-12-24(25)32-15-14-31-22-10-8-21(27)9-11-22/h3-13,16-17H,2,14-15H2,1H3/b13-7+. The highest BCUT2D eigenvalue weighted by atomic mass is 19.1. The number of carbonyl (C=O) groups is 1. The smallest absolute Gasteiger partial charge is 0.336 e. The second kappa shape index (κ2) is 11.9. The third-order valence-corrected chi connectivity index (χ3v) is 4.28. The molecule has 0 spiro atoms. The first-order chi connectivity index (χ1) is 16.1. The summed E-state index contributed by atoms with van der Waals surface area (Å²) in [5.41, 5.74) is 1.13. The molecule has 0 heterocycles. The topological polar surface area (TPSA) is 77.8 Å². The third kappa shape index (κ3) is 7.40. The monoisotopic (exact) mass is 447 g/mol. The van der Waals surface area contributed by atoms with Crippen molar-refractivity contribution in [2.45, 2.75) is 6.92 Å². The number of benzene rings is 3. The minimum absolute atomic E-state index is 0.265. The van der Waals surface area contributed by atoms with Gasteiger partial charge in [0, 0.05) is 6.08 Å². The van der Waals surface area contributed by atoms with Crippen molar-refractivity contribution < 1.29 is 28.1 Å². The zero-order valence-corrected chi connectivity index (χ0v) is 18.0. The highest BCUT2D eigenvalue weighted by molar-refractivity contribution is 5.88. The van der Waals surface area contributed by atoms with E-state index in [1.165, 1.54) is 24.3 Å². The molecule has 6 nitrogen and oxygen atoms in total. The molecular formula is C26H22FNO5. The quantitative estimate of drug-likeness (QED) is 0.185. The molecule has 0 N–H and O–H groups in total. The van der Waals surface area contributed by atoms with Crippen molar-refractivity contribution in [3.63, 3.8) is 0 Å². The van der Waals surface area contributed by atoms with Crippen LogP contribution in [0.15, 0.2) is 72.8 Å². The Morgan fingerprint density at radius 3 is 2.48 bits per heavy atom. The van der Waals surface area contributed by atoms with Gasteiger partial charge >= 0.3 is 5.97 Å². The van der Waals surface area contributed by atoms with E-state index in [0.29, 0.717) is 35.2 Å². The molecule has 0 aromatic heterocycles. The van der Waals surface area contributed by atoms with Gasteiger partial charge in [0.15, 0.2) is 11.5 Å². The first-order valence-electron chi connectivity index (χ1n) is 10.3. The van der Waals surface area contributed by atoms with Gasteiger partial charge in [0.2, 0.25) is 0 Å². The first-order valence-corrected chi connectivity index (χ1v) is 10.3. The van der Waals surface area contributed by atoms with Crippen LogP contribution in [-0.2, 0) is 4.79 Å². The second-order valence-corrected chi connectivity index (χ2v) is 6.68. The molecule has 0 aliphatic carbocycles. The Hall–Kier alpha value is -4.31. The molecule has 0 unspecified atom stereocenters. The molecule has 0 amide bonds. The van der Waals surface area contributed by atoms with E-state index in [-0.39, 0.29) is 19.0 Å². The van der Waals surface area contributed by atoms with Gasteiger partial charge < -0.3 is 18.9 Å². The van der Waals surface area contributed by atoms with Crippen LogP contribution in [0.2, 0.25) is 0 Å². The predicted octanol–water partition coefficient (Wildman–Crippen LogP) is 5.17. The molecule has 0 fully saturated rings. The summed E-state index contributed by atoms with van der Waals surface area (Å²) in [6.07, 6.45) is 2.89. The molecule has 3 aromatic carbocycles. The maximum Gasteiger partial charge on any atom is 0.336 e. The van der Waals surface area contributed by atoms with Crippen LogP contribution in [0.5, 0.6) is 23.0 Å². The molecule has 0 bridgehead atoms. The lowest BCUT2D eigenvalue weighted by Crippen LogP contribution is -2.10. The molecule has 33 heavy (non-hydrogen) atoms. The van der Waals surface area contributed by atoms with E-state index in [9.17, 15) is 9.18 Å². The van der Waals surface area contributed by atoms with Crippen LogP contribution >= 0.6 is 0 Å². The zero-order valence-electron chi connectivity index (χ0n) is 18.0. The van der Waals surface area contributed by atoms with Crippen LogP contribution < -0.4 is 18.9 Å².